The minimum Gasteiger partial charge on any atom is -0.364 e. The van der Waals surface area contributed by atoms with Gasteiger partial charge in [-0.15, -0.1) is 0 Å². The maximum absolute atomic E-state index is 13.0. The van der Waals surface area contributed by atoms with E-state index in [0.29, 0.717) is 19.6 Å². The monoisotopic (exact) mass is 324 g/mol. The molecule has 1 fully saturated rings. The molecule has 4 heteroatoms. The summed E-state index contributed by atoms with van der Waals surface area (Å²) in [5.41, 5.74) is 7.91. The third kappa shape index (κ3) is 4.22. The molecular formula is C20H24N2O2. The van der Waals surface area contributed by atoms with Crippen LogP contribution >= 0.6 is 0 Å². The van der Waals surface area contributed by atoms with Crippen LogP contribution in [0.1, 0.15) is 24.0 Å². The van der Waals surface area contributed by atoms with E-state index in [9.17, 15) is 4.79 Å². The van der Waals surface area contributed by atoms with Crippen LogP contribution in [-0.4, -0.2) is 29.6 Å². The Labute approximate surface area is 143 Å². The molecule has 2 aromatic carbocycles. The van der Waals surface area contributed by atoms with Crippen LogP contribution in [0, 0.1) is 0 Å². The summed E-state index contributed by atoms with van der Waals surface area (Å²) in [6, 6.07) is 20.1. The molecule has 1 aliphatic rings. The Morgan fingerprint density at radius 2 is 1.50 bits per heavy atom. The van der Waals surface area contributed by atoms with Crippen molar-refractivity contribution in [1.82, 2.24) is 4.90 Å². The normalized spacial score (nSPS) is 20.0. The fraction of sp³-hybridized carbons (Fsp3) is 0.350. The number of nitrogens with zero attached hydrogens (tertiary/aromatic N) is 1. The van der Waals surface area contributed by atoms with Crippen molar-refractivity contribution in [2.45, 2.75) is 38.1 Å². The van der Waals surface area contributed by atoms with Gasteiger partial charge < -0.3 is 15.4 Å². The highest BCUT2D eigenvalue weighted by Crippen LogP contribution is 2.22. The predicted molar refractivity (Wildman–Crippen MR) is 94.1 cm³/mol. The molecule has 1 heterocycles. The van der Waals surface area contributed by atoms with E-state index in [1.54, 1.807) is 0 Å². The van der Waals surface area contributed by atoms with Crippen LogP contribution in [0.3, 0.4) is 0 Å². The minimum atomic E-state index is -0.369. The fourth-order valence-corrected chi connectivity index (χ4v) is 3.08. The van der Waals surface area contributed by atoms with E-state index in [4.69, 9.17) is 10.5 Å². The van der Waals surface area contributed by atoms with Crippen LogP contribution in [0.4, 0.5) is 0 Å². The van der Waals surface area contributed by atoms with Crippen molar-refractivity contribution in [2.75, 3.05) is 6.54 Å². The first kappa shape index (κ1) is 16.7. The number of nitrogens with two attached hydrogens (primary N) is 1. The molecule has 0 radical (unpaired) electrons. The molecule has 0 unspecified atom stereocenters. The second-order valence-corrected chi connectivity index (χ2v) is 6.23. The average Bonchev–Trinajstić information content (AvgIpc) is 3.11. The summed E-state index contributed by atoms with van der Waals surface area (Å²) in [6.07, 6.45) is 1.25. The molecule has 0 spiro atoms. The van der Waals surface area contributed by atoms with Crippen LogP contribution in [0.15, 0.2) is 60.7 Å². The van der Waals surface area contributed by atoms with Gasteiger partial charge in [0.2, 0.25) is 0 Å². The molecule has 1 amide bonds. The molecule has 1 aliphatic heterocycles. The van der Waals surface area contributed by atoms with Gasteiger partial charge >= 0.3 is 0 Å². The predicted octanol–water partition coefficient (Wildman–Crippen LogP) is 2.72. The molecule has 1 saturated heterocycles. The smallest absolute Gasteiger partial charge is 0.252 e. The maximum Gasteiger partial charge on any atom is 0.252 e. The van der Waals surface area contributed by atoms with Gasteiger partial charge in [-0.05, 0) is 24.0 Å². The van der Waals surface area contributed by atoms with E-state index in [0.717, 1.165) is 24.0 Å². The van der Waals surface area contributed by atoms with E-state index in [1.165, 1.54) is 0 Å². The van der Waals surface area contributed by atoms with Crippen molar-refractivity contribution in [3.8, 4) is 0 Å². The molecule has 0 aromatic heterocycles. The lowest BCUT2D eigenvalue weighted by Gasteiger charge is -2.26. The van der Waals surface area contributed by atoms with E-state index in [-0.39, 0.29) is 18.1 Å². The van der Waals surface area contributed by atoms with E-state index >= 15 is 0 Å². The van der Waals surface area contributed by atoms with E-state index in [2.05, 4.69) is 0 Å². The van der Waals surface area contributed by atoms with Crippen molar-refractivity contribution < 1.29 is 9.53 Å². The number of hydrogen-bond acceptors (Lipinski definition) is 3. The zero-order valence-corrected chi connectivity index (χ0v) is 13.8. The number of carbonyl (C=O) groups is 1. The fourth-order valence-electron chi connectivity index (χ4n) is 3.08. The zero-order valence-electron chi connectivity index (χ0n) is 13.8. The largest absolute Gasteiger partial charge is 0.364 e. The van der Waals surface area contributed by atoms with Gasteiger partial charge in [0.15, 0.2) is 0 Å². The van der Waals surface area contributed by atoms with Crippen LogP contribution < -0.4 is 5.73 Å². The lowest BCUT2D eigenvalue weighted by molar-refractivity contribution is -0.144. The third-order valence-corrected chi connectivity index (χ3v) is 4.39. The molecule has 3 rings (SSSR count). The SMILES string of the molecule is NC[C@H]1CC[C@@H](C(=O)N(Cc2ccccc2)Cc2ccccc2)O1. The average molecular weight is 324 g/mol. The summed E-state index contributed by atoms with van der Waals surface area (Å²) in [5.74, 6) is 0.0543. The summed E-state index contributed by atoms with van der Waals surface area (Å²) in [5, 5.41) is 0. The van der Waals surface area contributed by atoms with Gasteiger partial charge in [-0.1, -0.05) is 60.7 Å². The van der Waals surface area contributed by atoms with Crippen molar-refractivity contribution in [1.29, 1.82) is 0 Å². The second kappa shape index (κ2) is 8.08. The molecule has 0 aliphatic carbocycles. The highest BCUT2D eigenvalue weighted by atomic mass is 16.5. The van der Waals surface area contributed by atoms with Gasteiger partial charge in [-0.3, -0.25) is 4.79 Å². The lowest BCUT2D eigenvalue weighted by Crippen LogP contribution is -2.39. The van der Waals surface area contributed by atoms with Crippen LogP contribution in [-0.2, 0) is 22.6 Å². The minimum absolute atomic E-state index is 0.00857. The Hall–Kier alpha value is -2.17. The number of ether oxygens (including phenoxy) is 1. The Kier molecular flexibility index (Phi) is 5.62. The molecular weight excluding hydrogens is 300 g/mol. The summed E-state index contributed by atoms with van der Waals surface area (Å²) in [6.45, 7) is 1.64. The Bertz CT molecular complexity index is 604. The summed E-state index contributed by atoms with van der Waals surface area (Å²) in [4.78, 5) is 14.9. The molecule has 0 saturated carbocycles. The molecule has 0 bridgehead atoms. The summed E-state index contributed by atoms with van der Waals surface area (Å²) in [7, 11) is 0. The summed E-state index contributed by atoms with van der Waals surface area (Å²) >= 11 is 0. The number of hydrogen-bond donors (Lipinski definition) is 1. The number of carbonyl (C=O) groups excluding carboxylic acids is 1. The molecule has 2 aromatic rings. The number of benzene rings is 2. The van der Waals surface area contributed by atoms with Crippen molar-refractivity contribution in [3.05, 3.63) is 71.8 Å². The highest BCUT2D eigenvalue weighted by molar-refractivity contribution is 5.81. The Balaban J connectivity index is 1.75. The first-order valence-electron chi connectivity index (χ1n) is 8.48. The van der Waals surface area contributed by atoms with Gasteiger partial charge in [0.1, 0.15) is 6.10 Å². The van der Waals surface area contributed by atoms with Gasteiger partial charge in [0.05, 0.1) is 6.10 Å². The number of amides is 1. The van der Waals surface area contributed by atoms with Crippen LogP contribution in [0.25, 0.3) is 0 Å². The van der Waals surface area contributed by atoms with Crippen molar-refractivity contribution in [2.24, 2.45) is 5.73 Å². The topological polar surface area (TPSA) is 55.6 Å². The van der Waals surface area contributed by atoms with Gasteiger partial charge in [-0.25, -0.2) is 0 Å². The molecule has 126 valence electrons. The van der Waals surface area contributed by atoms with E-state index in [1.807, 2.05) is 65.6 Å². The lowest BCUT2D eigenvalue weighted by atomic mass is 10.1. The second-order valence-electron chi connectivity index (χ2n) is 6.23. The maximum atomic E-state index is 13.0. The summed E-state index contributed by atoms with van der Waals surface area (Å²) < 4.78 is 5.81. The Morgan fingerprint density at radius 1 is 0.958 bits per heavy atom. The molecule has 2 N–H and O–H groups in total. The standard InChI is InChI=1S/C20H24N2O2/c21-13-18-11-12-19(24-18)20(23)22(14-16-7-3-1-4-8-16)15-17-9-5-2-6-10-17/h1-10,18-19H,11-15,21H2/t18-,19+/m1/s1. The van der Waals surface area contributed by atoms with E-state index < -0.39 is 0 Å². The zero-order chi connectivity index (χ0) is 16.8. The van der Waals surface area contributed by atoms with Gasteiger partial charge in [0, 0.05) is 19.6 Å². The Morgan fingerprint density at radius 3 is 1.96 bits per heavy atom. The van der Waals surface area contributed by atoms with Crippen LogP contribution in [0.2, 0.25) is 0 Å². The third-order valence-electron chi connectivity index (χ3n) is 4.39. The highest BCUT2D eigenvalue weighted by Gasteiger charge is 2.32. The first-order chi connectivity index (χ1) is 11.8. The van der Waals surface area contributed by atoms with Crippen molar-refractivity contribution in [3.63, 3.8) is 0 Å². The molecule has 4 nitrogen and oxygen atoms in total. The number of rotatable bonds is 6. The van der Waals surface area contributed by atoms with Crippen LogP contribution in [0.5, 0.6) is 0 Å². The van der Waals surface area contributed by atoms with Crippen molar-refractivity contribution >= 4 is 5.91 Å². The van der Waals surface area contributed by atoms with Gasteiger partial charge in [0.25, 0.3) is 5.91 Å². The molecule has 24 heavy (non-hydrogen) atoms. The quantitative estimate of drug-likeness (QED) is 0.889. The first-order valence-corrected chi connectivity index (χ1v) is 8.48. The van der Waals surface area contributed by atoms with Gasteiger partial charge in [-0.2, -0.15) is 0 Å². The molecule has 2 atom stereocenters.